The number of halogens is 2. The van der Waals surface area contributed by atoms with E-state index in [9.17, 15) is 9.50 Å². The van der Waals surface area contributed by atoms with E-state index in [2.05, 4.69) is 15.9 Å². The highest BCUT2D eigenvalue weighted by Gasteiger charge is 2.12. The Bertz CT molecular complexity index is 680. The Balaban J connectivity index is 2.36. The Morgan fingerprint density at radius 1 is 1.30 bits per heavy atom. The van der Waals surface area contributed by atoms with Gasteiger partial charge in [-0.1, -0.05) is 12.1 Å². The molecule has 0 bridgehead atoms. The fourth-order valence-corrected chi connectivity index (χ4v) is 2.15. The van der Waals surface area contributed by atoms with E-state index in [-0.39, 0.29) is 11.3 Å². The summed E-state index contributed by atoms with van der Waals surface area (Å²) in [6.07, 6.45) is -0.593. The second kappa shape index (κ2) is 6.04. The molecule has 1 atom stereocenters. The summed E-state index contributed by atoms with van der Waals surface area (Å²) >= 11 is 3.33. The largest absolute Gasteiger partial charge is 0.455 e. The van der Waals surface area contributed by atoms with Gasteiger partial charge in [-0.2, -0.15) is 5.26 Å². The molecule has 2 rings (SSSR count). The number of nitriles is 1. The summed E-state index contributed by atoms with van der Waals surface area (Å²) in [5.74, 6) is -0.0313. The van der Waals surface area contributed by atoms with E-state index >= 15 is 0 Å². The van der Waals surface area contributed by atoms with Gasteiger partial charge in [0.1, 0.15) is 28.9 Å². The van der Waals surface area contributed by atoms with Crippen molar-refractivity contribution in [3.8, 4) is 17.6 Å². The van der Waals surface area contributed by atoms with E-state index < -0.39 is 11.9 Å². The van der Waals surface area contributed by atoms with Crippen molar-refractivity contribution >= 4 is 15.9 Å². The lowest BCUT2D eigenvalue weighted by Gasteiger charge is -2.11. The molecule has 0 radical (unpaired) electrons. The fourth-order valence-electron chi connectivity index (χ4n) is 1.68. The highest BCUT2D eigenvalue weighted by molar-refractivity contribution is 9.10. The summed E-state index contributed by atoms with van der Waals surface area (Å²) in [5.41, 5.74) is 0.586. The molecule has 20 heavy (non-hydrogen) atoms. The van der Waals surface area contributed by atoms with Crippen LogP contribution in [-0.4, -0.2) is 5.11 Å². The minimum atomic E-state index is -0.623. The van der Waals surface area contributed by atoms with Crippen LogP contribution >= 0.6 is 15.9 Å². The van der Waals surface area contributed by atoms with Crippen molar-refractivity contribution in [2.75, 3.05) is 0 Å². The molecule has 2 aromatic carbocycles. The summed E-state index contributed by atoms with van der Waals surface area (Å²) in [4.78, 5) is 0. The molecule has 102 valence electrons. The Morgan fingerprint density at radius 3 is 2.65 bits per heavy atom. The van der Waals surface area contributed by atoms with Gasteiger partial charge in [-0.05, 0) is 52.7 Å². The number of nitrogens with zero attached hydrogens (tertiary/aromatic N) is 1. The van der Waals surface area contributed by atoms with Gasteiger partial charge in [0.05, 0.1) is 10.6 Å². The molecule has 0 unspecified atom stereocenters. The standard InChI is InChI=1S/C15H11BrFNO2/c1-9(19)10-5-6-15(12(16)7-10)20-14-4-2-3-13(17)11(14)8-18/h2-7,9,19H,1H3/t9-/m0/s1. The maximum atomic E-state index is 13.5. The smallest absolute Gasteiger partial charge is 0.148 e. The van der Waals surface area contributed by atoms with E-state index in [1.807, 2.05) is 0 Å². The molecule has 3 nitrogen and oxygen atoms in total. The van der Waals surface area contributed by atoms with Crippen LogP contribution in [-0.2, 0) is 0 Å². The van der Waals surface area contributed by atoms with E-state index in [1.54, 1.807) is 31.2 Å². The third-order valence-corrected chi connectivity index (χ3v) is 3.37. The lowest BCUT2D eigenvalue weighted by atomic mass is 10.1. The van der Waals surface area contributed by atoms with Crippen LogP contribution in [0.15, 0.2) is 40.9 Å². The Kier molecular flexibility index (Phi) is 4.38. The molecule has 0 saturated heterocycles. The van der Waals surface area contributed by atoms with Gasteiger partial charge in [-0.3, -0.25) is 0 Å². The molecule has 0 aliphatic carbocycles. The summed E-state index contributed by atoms with van der Waals surface area (Å²) < 4.78 is 19.6. The average Bonchev–Trinajstić information content (AvgIpc) is 2.41. The molecule has 0 spiro atoms. The molecule has 0 aromatic heterocycles. The molecular formula is C15H11BrFNO2. The van der Waals surface area contributed by atoms with Gasteiger partial charge in [-0.15, -0.1) is 0 Å². The van der Waals surface area contributed by atoms with Crippen molar-refractivity contribution in [1.82, 2.24) is 0 Å². The summed E-state index contributed by atoms with van der Waals surface area (Å²) in [6.45, 7) is 1.66. The van der Waals surface area contributed by atoms with E-state index in [0.717, 1.165) is 5.56 Å². The first-order chi connectivity index (χ1) is 9.52. The van der Waals surface area contributed by atoms with Crippen LogP contribution in [0.1, 0.15) is 24.2 Å². The van der Waals surface area contributed by atoms with Crippen LogP contribution in [0.5, 0.6) is 11.5 Å². The topological polar surface area (TPSA) is 53.2 Å². The van der Waals surface area contributed by atoms with Crippen molar-refractivity contribution in [2.24, 2.45) is 0 Å². The van der Waals surface area contributed by atoms with Gasteiger partial charge in [-0.25, -0.2) is 4.39 Å². The van der Waals surface area contributed by atoms with Gasteiger partial charge in [0.25, 0.3) is 0 Å². The lowest BCUT2D eigenvalue weighted by molar-refractivity contribution is 0.199. The maximum Gasteiger partial charge on any atom is 0.148 e. The number of rotatable bonds is 3. The zero-order valence-corrected chi connectivity index (χ0v) is 12.2. The minimum absolute atomic E-state index is 0.140. The van der Waals surface area contributed by atoms with Gasteiger partial charge in [0, 0.05) is 0 Å². The monoisotopic (exact) mass is 335 g/mol. The van der Waals surface area contributed by atoms with Crippen molar-refractivity contribution in [3.63, 3.8) is 0 Å². The van der Waals surface area contributed by atoms with Crippen molar-refractivity contribution < 1.29 is 14.2 Å². The minimum Gasteiger partial charge on any atom is -0.455 e. The molecule has 0 amide bonds. The second-order valence-electron chi connectivity index (χ2n) is 4.19. The first-order valence-corrected chi connectivity index (χ1v) is 6.66. The Hall–Kier alpha value is -1.90. The number of hydrogen-bond donors (Lipinski definition) is 1. The van der Waals surface area contributed by atoms with E-state index in [0.29, 0.717) is 10.2 Å². The third-order valence-electron chi connectivity index (χ3n) is 2.75. The Morgan fingerprint density at radius 2 is 2.05 bits per heavy atom. The molecule has 0 fully saturated rings. The first kappa shape index (κ1) is 14.5. The molecule has 2 aromatic rings. The summed E-state index contributed by atoms with van der Waals surface area (Å²) in [7, 11) is 0. The van der Waals surface area contributed by atoms with Crippen molar-refractivity contribution in [1.29, 1.82) is 5.26 Å². The van der Waals surface area contributed by atoms with E-state index in [4.69, 9.17) is 10.00 Å². The lowest BCUT2D eigenvalue weighted by Crippen LogP contribution is -1.94. The second-order valence-corrected chi connectivity index (χ2v) is 5.05. The number of ether oxygens (including phenoxy) is 1. The molecule has 5 heteroatoms. The number of hydrogen-bond acceptors (Lipinski definition) is 3. The molecule has 0 aliphatic heterocycles. The number of benzene rings is 2. The zero-order chi connectivity index (χ0) is 14.7. The van der Waals surface area contributed by atoms with Gasteiger partial charge >= 0.3 is 0 Å². The van der Waals surface area contributed by atoms with Crippen LogP contribution in [0.2, 0.25) is 0 Å². The van der Waals surface area contributed by atoms with Crippen LogP contribution in [0.4, 0.5) is 4.39 Å². The SMILES string of the molecule is C[C@H](O)c1ccc(Oc2cccc(F)c2C#N)c(Br)c1. The summed E-state index contributed by atoms with van der Waals surface area (Å²) in [6, 6.07) is 11.1. The van der Waals surface area contributed by atoms with Crippen LogP contribution < -0.4 is 4.74 Å². The van der Waals surface area contributed by atoms with Crippen molar-refractivity contribution in [2.45, 2.75) is 13.0 Å². The van der Waals surface area contributed by atoms with Gasteiger partial charge in [0.15, 0.2) is 0 Å². The van der Waals surface area contributed by atoms with E-state index in [1.165, 1.54) is 18.2 Å². The quantitative estimate of drug-likeness (QED) is 0.909. The molecule has 1 N–H and O–H groups in total. The number of aliphatic hydroxyl groups is 1. The normalized spacial score (nSPS) is 11.8. The van der Waals surface area contributed by atoms with Gasteiger partial charge < -0.3 is 9.84 Å². The Labute approximate surface area is 124 Å². The average molecular weight is 336 g/mol. The highest BCUT2D eigenvalue weighted by atomic mass is 79.9. The highest BCUT2D eigenvalue weighted by Crippen LogP contribution is 2.33. The van der Waals surface area contributed by atoms with Crippen LogP contribution in [0, 0.1) is 17.1 Å². The van der Waals surface area contributed by atoms with Crippen LogP contribution in [0.25, 0.3) is 0 Å². The third kappa shape index (κ3) is 2.98. The predicted octanol–water partition coefficient (Wildman–Crippen LogP) is 4.31. The maximum absolute atomic E-state index is 13.5. The number of aliphatic hydroxyl groups excluding tert-OH is 1. The molecule has 0 aliphatic rings. The fraction of sp³-hybridized carbons (Fsp3) is 0.133. The first-order valence-electron chi connectivity index (χ1n) is 5.87. The predicted molar refractivity (Wildman–Crippen MR) is 76.0 cm³/mol. The van der Waals surface area contributed by atoms with Crippen LogP contribution in [0.3, 0.4) is 0 Å². The molecule has 0 saturated carbocycles. The van der Waals surface area contributed by atoms with Gasteiger partial charge in [0.2, 0.25) is 0 Å². The van der Waals surface area contributed by atoms with Crippen molar-refractivity contribution in [3.05, 3.63) is 57.8 Å². The summed E-state index contributed by atoms with van der Waals surface area (Å²) in [5, 5.41) is 18.4. The zero-order valence-electron chi connectivity index (χ0n) is 10.6. The molecule has 0 heterocycles. The molecular weight excluding hydrogens is 325 g/mol.